The third-order valence-corrected chi connectivity index (χ3v) is 5.82. The predicted octanol–water partition coefficient (Wildman–Crippen LogP) is 1.08. The summed E-state index contributed by atoms with van der Waals surface area (Å²) >= 11 is 0. The highest BCUT2D eigenvalue weighted by molar-refractivity contribution is 5.92. The largest absolute Gasteiger partial charge is 0.384 e. The minimum absolute atomic E-state index is 0.0729. The van der Waals surface area contributed by atoms with E-state index in [0.717, 1.165) is 11.8 Å². The molecule has 0 unspecified atom stereocenters. The topological polar surface area (TPSA) is 95.6 Å². The SMILES string of the molecule is COCCC(=O)N1C[C@@H]2CN(C(=O)c3cncc(=O)[nH]3)C[C@@H]2[C@H]1c1ccccc1. The van der Waals surface area contributed by atoms with Gasteiger partial charge in [0.25, 0.3) is 11.5 Å². The van der Waals surface area contributed by atoms with Gasteiger partial charge < -0.3 is 19.5 Å². The van der Waals surface area contributed by atoms with Gasteiger partial charge in [-0.1, -0.05) is 30.3 Å². The van der Waals surface area contributed by atoms with Gasteiger partial charge in [-0.05, 0) is 5.56 Å². The Morgan fingerprint density at radius 2 is 1.97 bits per heavy atom. The van der Waals surface area contributed by atoms with Crippen LogP contribution >= 0.6 is 0 Å². The van der Waals surface area contributed by atoms with Crippen molar-refractivity contribution in [3.05, 3.63) is 64.3 Å². The average Bonchev–Trinajstić information content (AvgIpc) is 3.30. The van der Waals surface area contributed by atoms with E-state index >= 15 is 0 Å². The number of aromatic amines is 1. The van der Waals surface area contributed by atoms with E-state index in [1.165, 1.54) is 6.20 Å². The number of ether oxygens (including phenoxy) is 1. The van der Waals surface area contributed by atoms with Crippen LogP contribution in [0.2, 0.25) is 0 Å². The summed E-state index contributed by atoms with van der Waals surface area (Å²) in [6, 6.07) is 9.89. The second kappa shape index (κ2) is 8.16. The number of rotatable bonds is 5. The number of H-pyrrole nitrogens is 1. The number of aromatic nitrogens is 2. The number of hydrogen-bond donors (Lipinski definition) is 1. The molecule has 8 heteroatoms. The maximum absolute atomic E-state index is 12.8. The van der Waals surface area contributed by atoms with Crippen LogP contribution in [0.15, 0.2) is 47.5 Å². The summed E-state index contributed by atoms with van der Waals surface area (Å²) in [4.78, 5) is 47.2. The molecule has 1 aromatic heterocycles. The monoisotopic (exact) mass is 396 g/mol. The maximum atomic E-state index is 12.8. The molecule has 2 fully saturated rings. The van der Waals surface area contributed by atoms with E-state index in [-0.39, 0.29) is 35.4 Å². The molecule has 29 heavy (non-hydrogen) atoms. The first-order chi connectivity index (χ1) is 14.1. The molecule has 0 saturated carbocycles. The Bertz CT molecular complexity index is 945. The van der Waals surface area contributed by atoms with Gasteiger partial charge in [0.2, 0.25) is 5.91 Å². The number of carbonyl (C=O) groups is 2. The molecule has 0 radical (unpaired) electrons. The molecule has 4 rings (SSSR count). The van der Waals surface area contributed by atoms with E-state index in [1.807, 2.05) is 35.2 Å². The smallest absolute Gasteiger partial charge is 0.271 e. The van der Waals surface area contributed by atoms with E-state index in [4.69, 9.17) is 4.74 Å². The number of amides is 2. The number of hydrogen-bond acceptors (Lipinski definition) is 5. The van der Waals surface area contributed by atoms with Gasteiger partial charge in [0.15, 0.2) is 0 Å². The highest BCUT2D eigenvalue weighted by Crippen LogP contribution is 2.45. The lowest BCUT2D eigenvalue weighted by Gasteiger charge is -2.30. The first-order valence-corrected chi connectivity index (χ1v) is 9.75. The molecule has 1 N–H and O–H groups in total. The second-order valence-corrected chi connectivity index (χ2v) is 7.59. The molecule has 2 saturated heterocycles. The summed E-state index contributed by atoms with van der Waals surface area (Å²) in [6.45, 7) is 2.09. The molecular formula is C21H24N4O4. The van der Waals surface area contributed by atoms with Crippen molar-refractivity contribution in [1.82, 2.24) is 19.8 Å². The first-order valence-electron chi connectivity index (χ1n) is 9.75. The maximum Gasteiger partial charge on any atom is 0.271 e. The van der Waals surface area contributed by atoms with Crippen LogP contribution in [-0.4, -0.2) is 64.9 Å². The van der Waals surface area contributed by atoms with Crippen LogP contribution in [0, 0.1) is 11.8 Å². The summed E-state index contributed by atoms with van der Waals surface area (Å²) in [7, 11) is 1.59. The van der Waals surface area contributed by atoms with E-state index < -0.39 is 5.56 Å². The van der Waals surface area contributed by atoms with Crippen molar-refractivity contribution < 1.29 is 14.3 Å². The number of fused-ring (bicyclic) bond motifs is 1. The summed E-state index contributed by atoms with van der Waals surface area (Å²) in [6.07, 6.45) is 2.87. The molecule has 1 aromatic carbocycles. The second-order valence-electron chi connectivity index (χ2n) is 7.59. The van der Waals surface area contributed by atoms with Gasteiger partial charge in [0.1, 0.15) is 5.69 Å². The van der Waals surface area contributed by atoms with E-state index in [1.54, 1.807) is 12.0 Å². The Hall–Kier alpha value is -3.00. The van der Waals surface area contributed by atoms with Crippen LogP contribution in [-0.2, 0) is 9.53 Å². The van der Waals surface area contributed by atoms with E-state index in [9.17, 15) is 14.4 Å². The van der Waals surface area contributed by atoms with Crippen LogP contribution in [0.25, 0.3) is 0 Å². The van der Waals surface area contributed by atoms with Crippen molar-refractivity contribution in [2.24, 2.45) is 11.8 Å². The standard InChI is InChI=1S/C21H24N4O4/c1-29-8-7-19(27)25-12-15-11-24(21(28)17-9-22-10-18(26)23-17)13-16(15)20(25)14-5-3-2-4-6-14/h2-6,9-10,15-16,20H,7-8,11-13H2,1H3,(H,23,26)/t15-,16-,20+/m0/s1. The normalized spacial score (nSPS) is 23.3. The number of nitrogens with one attached hydrogen (secondary N) is 1. The summed E-state index contributed by atoms with van der Waals surface area (Å²) in [5.41, 5.74) is 0.879. The van der Waals surface area contributed by atoms with Crippen molar-refractivity contribution in [3.63, 3.8) is 0 Å². The quantitative estimate of drug-likeness (QED) is 0.816. The molecule has 8 nitrogen and oxygen atoms in total. The van der Waals surface area contributed by atoms with Crippen molar-refractivity contribution in [3.8, 4) is 0 Å². The highest BCUT2D eigenvalue weighted by atomic mass is 16.5. The van der Waals surface area contributed by atoms with Crippen molar-refractivity contribution in [2.75, 3.05) is 33.4 Å². The third kappa shape index (κ3) is 3.80. The molecule has 2 aliphatic heterocycles. The molecule has 0 bridgehead atoms. The van der Waals surface area contributed by atoms with Gasteiger partial charge in [0.05, 0.1) is 31.5 Å². The zero-order valence-corrected chi connectivity index (χ0v) is 16.3. The van der Waals surface area contributed by atoms with Crippen LogP contribution in [0.5, 0.6) is 0 Å². The zero-order chi connectivity index (χ0) is 20.4. The Balaban J connectivity index is 1.57. The average molecular weight is 396 g/mol. The fraction of sp³-hybridized carbons (Fsp3) is 0.429. The molecule has 0 aliphatic carbocycles. The number of carbonyl (C=O) groups excluding carboxylic acids is 2. The Morgan fingerprint density at radius 3 is 2.69 bits per heavy atom. The van der Waals surface area contributed by atoms with Crippen molar-refractivity contribution in [1.29, 1.82) is 0 Å². The van der Waals surface area contributed by atoms with Gasteiger partial charge >= 0.3 is 0 Å². The first kappa shape index (κ1) is 19.3. The van der Waals surface area contributed by atoms with Gasteiger partial charge in [-0.25, -0.2) is 0 Å². The van der Waals surface area contributed by atoms with Gasteiger partial charge in [-0.2, -0.15) is 0 Å². The lowest BCUT2D eigenvalue weighted by atomic mass is 9.89. The molecular weight excluding hydrogens is 372 g/mol. The van der Waals surface area contributed by atoms with Crippen LogP contribution in [0.1, 0.15) is 28.5 Å². The number of nitrogens with zero attached hydrogens (tertiary/aromatic N) is 3. The Labute approximate surface area is 168 Å². The molecule has 3 heterocycles. The lowest BCUT2D eigenvalue weighted by molar-refractivity contribution is -0.133. The fourth-order valence-corrected chi connectivity index (χ4v) is 4.53. The van der Waals surface area contributed by atoms with Crippen molar-refractivity contribution in [2.45, 2.75) is 12.5 Å². The summed E-state index contributed by atoms with van der Waals surface area (Å²) < 4.78 is 5.08. The molecule has 3 atom stereocenters. The highest BCUT2D eigenvalue weighted by Gasteiger charge is 2.50. The molecule has 0 spiro atoms. The number of methoxy groups -OCH3 is 1. The van der Waals surface area contributed by atoms with E-state index in [2.05, 4.69) is 9.97 Å². The van der Waals surface area contributed by atoms with Crippen LogP contribution < -0.4 is 5.56 Å². The van der Waals surface area contributed by atoms with Gasteiger partial charge in [-0.3, -0.25) is 19.4 Å². The molecule has 152 valence electrons. The van der Waals surface area contributed by atoms with E-state index in [0.29, 0.717) is 32.7 Å². The van der Waals surface area contributed by atoms with Crippen LogP contribution in [0.3, 0.4) is 0 Å². The number of benzene rings is 1. The predicted molar refractivity (Wildman–Crippen MR) is 105 cm³/mol. The third-order valence-electron chi connectivity index (χ3n) is 5.82. The summed E-state index contributed by atoms with van der Waals surface area (Å²) in [5.74, 6) is 0.188. The minimum atomic E-state index is -0.396. The fourth-order valence-electron chi connectivity index (χ4n) is 4.53. The van der Waals surface area contributed by atoms with Crippen molar-refractivity contribution >= 4 is 11.8 Å². The summed E-state index contributed by atoms with van der Waals surface area (Å²) in [5, 5.41) is 0. The van der Waals surface area contributed by atoms with Gasteiger partial charge in [0, 0.05) is 38.6 Å². The molecule has 2 aromatic rings. The molecule has 2 aliphatic rings. The minimum Gasteiger partial charge on any atom is -0.384 e. The lowest BCUT2D eigenvalue weighted by Crippen LogP contribution is -2.38. The van der Waals surface area contributed by atoms with Gasteiger partial charge in [-0.15, -0.1) is 0 Å². The zero-order valence-electron chi connectivity index (χ0n) is 16.3. The Kier molecular flexibility index (Phi) is 5.44. The molecule has 2 amide bonds. The van der Waals surface area contributed by atoms with Crippen LogP contribution in [0.4, 0.5) is 0 Å². The Morgan fingerprint density at radius 1 is 1.17 bits per heavy atom. The number of likely N-dealkylation sites (tertiary alicyclic amines) is 2.